The molecule has 0 heterocycles. The van der Waals surface area contributed by atoms with Gasteiger partial charge in [0, 0.05) is 0 Å². The lowest BCUT2D eigenvalue weighted by Crippen LogP contribution is -1.67. The molecular weight excluding hydrogens is 102 g/mol. The van der Waals surface area contributed by atoms with Crippen LogP contribution in [-0.2, 0) is 0 Å². The second kappa shape index (κ2) is 8.97. The zero-order valence-corrected chi connectivity index (χ0v) is 4.72. The first-order chi connectivity index (χ1) is 2.41. The number of halogens is 2. The predicted molar refractivity (Wildman–Crippen MR) is 28.1 cm³/mol. The Balaban J connectivity index is 0. The van der Waals surface area contributed by atoms with Crippen LogP contribution in [0.5, 0.6) is 0 Å². The van der Waals surface area contributed by atoms with E-state index >= 15 is 0 Å². The standard InChI is InChI=1S/C4H9F.ClH/c1-2-3-4-5;/h2-4H2,1H3;1H. The monoisotopic (exact) mass is 112 g/mol. The van der Waals surface area contributed by atoms with Crippen LogP contribution < -0.4 is 0 Å². The molecule has 0 fully saturated rings. The smallest absolute Gasteiger partial charge is 0.0894 e. The van der Waals surface area contributed by atoms with Crippen LogP contribution in [0.1, 0.15) is 19.8 Å². The summed E-state index contributed by atoms with van der Waals surface area (Å²) in [6.45, 7) is 1.82. The Morgan fingerprint density at radius 3 is 2.00 bits per heavy atom. The average Bonchev–Trinajstić information content (AvgIpc) is 1.41. The van der Waals surface area contributed by atoms with Gasteiger partial charge in [0.2, 0.25) is 0 Å². The lowest BCUT2D eigenvalue weighted by atomic mass is 10.4. The molecule has 0 rings (SSSR count). The van der Waals surface area contributed by atoms with E-state index < -0.39 is 0 Å². The molecule has 0 aliphatic carbocycles. The molecule has 6 heavy (non-hydrogen) atoms. The minimum Gasteiger partial charge on any atom is -0.251 e. The summed E-state index contributed by atoms with van der Waals surface area (Å²) in [7, 11) is 0. The summed E-state index contributed by atoms with van der Waals surface area (Å²) in [5, 5.41) is 0. The third-order valence-electron chi connectivity index (χ3n) is 0.487. The Kier molecular flexibility index (Phi) is 14.2. The normalized spacial score (nSPS) is 7.00. The van der Waals surface area contributed by atoms with Crippen molar-refractivity contribution in [2.75, 3.05) is 6.67 Å². The molecule has 0 N–H and O–H groups in total. The third-order valence-corrected chi connectivity index (χ3v) is 0.487. The maximum absolute atomic E-state index is 11.0. The summed E-state index contributed by atoms with van der Waals surface area (Å²) < 4.78 is 11.0. The molecule has 0 aliphatic rings. The summed E-state index contributed by atoms with van der Waals surface area (Å²) in [6.07, 6.45) is 1.69. The summed E-state index contributed by atoms with van der Waals surface area (Å²) in [5.41, 5.74) is 0. The van der Waals surface area contributed by atoms with Crippen molar-refractivity contribution in [1.82, 2.24) is 0 Å². The van der Waals surface area contributed by atoms with E-state index in [1.54, 1.807) is 0 Å². The number of unbranched alkanes of at least 4 members (excludes halogenated alkanes) is 1. The van der Waals surface area contributed by atoms with Gasteiger partial charge in [-0.15, -0.1) is 12.4 Å². The van der Waals surface area contributed by atoms with Crippen molar-refractivity contribution in [3.63, 3.8) is 0 Å². The van der Waals surface area contributed by atoms with Gasteiger partial charge in [0.05, 0.1) is 6.67 Å². The Morgan fingerprint density at radius 1 is 1.50 bits per heavy atom. The number of rotatable bonds is 2. The Morgan fingerprint density at radius 2 is 2.00 bits per heavy atom. The van der Waals surface area contributed by atoms with Gasteiger partial charge in [-0.05, 0) is 6.42 Å². The Hall–Kier alpha value is 0.220. The molecule has 0 aliphatic heterocycles. The molecule has 0 unspecified atom stereocenters. The van der Waals surface area contributed by atoms with Crippen LogP contribution in [-0.4, -0.2) is 6.67 Å². The summed E-state index contributed by atoms with van der Waals surface area (Å²) in [4.78, 5) is 0. The van der Waals surface area contributed by atoms with Gasteiger partial charge in [0.25, 0.3) is 0 Å². The van der Waals surface area contributed by atoms with Crippen LogP contribution >= 0.6 is 12.4 Å². The van der Waals surface area contributed by atoms with Crippen LogP contribution in [0, 0.1) is 0 Å². The van der Waals surface area contributed by atoms with Crippen molar-refractivity contribution in [3.8, 4) is 0 Å². The molecule has 0 bridgehead atoms. The highest BCUT2D eigenvalue weighted by molar-refractivity contribution is 5.85. The van der Waals surface area contributed by atoms with Crippen LogP contribution in [0.2, 0.25) is 0 Å². The Labute approximate surface area is 44.2 Å². The van der Waals surface area contributed by atoms with E-state index in [-0.39, 0.29) is 19.1 Å². The molecule has 2 heteroatoms. The largest absolute Gasteiger partial charge is 0.251 e. The van der Waals surface area contributed by atoms with Gasteiger partial charge in [-0.1, -0.05) is 13.3 Å². The van der Waals surface area contributed by atoms with Crippen molar-refractivity contribution in [2.24, 2.45) is 0 Å². The molecule has 0 atom stereocenters. The highest BCUT2D eigenvalue weighted by Gasteiger charge is 1.71. The van der Waals surface area contributed by atoms with Crippen molar-refractivity contribution in [3.05, 3.63) is 0 Å². The molecule has 0 aromatic carbocycles. The predicted octanol–water partition coefficient (Wildman–Crippen LogP) is 2.18. The number of alkyl halides is 1. The zero-order valence-electron chi connectivity index (χ0n) is 3.91. The molecule has 0 spiro atoms. The highest BCUT2D eigenvalue weighted by atomic mass is 35.5. The Bertz CT molecular complexity index is 15.0. The molecule has 0 aromatic heterocycles. The van der Waals surface area contributed by atoms with Gasteiger partial charge in [-0.3, -0.25) is 4.39 Å². The zero-order chi connectivity index (χ0) is 4.12. The fourth-order valence-electron chi connectivity index (χ4n) is 0.134. The van der Waals surface area contributed by atoms with Crippen molar-refractivity contribution >= 4 is 12.4 Å². The van der Waals surface area contributed by atoms with Crippen LogP contribution in [0.25, 0.3) is 0 Å². The fraction of sp³-hybridized carbons (Fsp3) is 1.00. The second-order valence-corrected chi connectivity index (χ2v) is 1.04. The molecule has 0 nitrogen and oxygen atoms in total. The lowest BCUT2D eigenvalue weighted by molar-refractivity contribution is 0.469. The first-order valence-corrected chi connectivity index (χ1v) is 1.97. The first-order valence-electron chi connectivity index (χ1n) is 1.97. The maximum atomic E-state index is 11.0. The van der Waals surface area contributed by atoms with Crippen LogP contribution in [0.3, 0.4) is 0 Å². The average molecular weight is 113 g/mol. The third kappa shape index (κ3) is 8.88. The van der Waals surface area contributed by atoms with Gasteiger partial charge in [0.15, 0.2) is 0 Å². The minimum atomic E-state index is -0.156. The van der Waals surface area contributed by atoms with E-state index in [0.29, 0.717) is 0 Å². The van der Waals surface area contributed by atoms with E-state index in [2.05, 4.69) is 0 Å². The molecule has 0 radical (unpaired) electrons. The molecule has 0 aromatic rings. The summed E-state index contributed by atoms with van der Waals surface area (Å²) >= 11 is 0. The highest BCUT2D eigenvalue weighted by Crippen LogP contribution is 1.83. The second-order valence-electron chi connectivity index (χ2n) is 1.04. The van der Waals surface area contributed by atoms with E-state index in [1.807, 2.05) is 6.92 Å². The fourth-order valence-corrected chi connectivity index (χ4v) is 0.134. The van der Waals surface area contributed by atoms with Crippen molar-refractivity contribution < 1.29 is 4.39 Å². The van der Waals surface area contributed by atoms with Gasteiger partial charge in [0.1, 0.15) is 0 Å². The maximum Gasteiger partial charge on any atom is 0.0894 e. The van der Waals surface area contributed by atoms with E-state index in [1.165, 1.54) is 0 Å². The molecule has 40 valence electrons. The van der Waals surface area contributed by atoms with Crippen LogP contribution in [0.15, 0.2) is 0 Å². The summed E-state index contributed by atoms with van der Waals surface area (Å²) in [6, 6.07) is 0. The van der Waals surface area contributed by atoms with Crippen molar-refractivity contribution in [1.29, 1.82) is 0 Å². The SMILES string of the molecule is CCCCF.Cl. The molecule has 0 saturated carbocycles. The van der Waals surface area contributed by atoms with Gasteiger partial charge in [-0.25, -0.2) is 0 Å². The topological polar surface area (TPSA) is 0 Å². The first kappa shape index (κ1) is 9.52. The lowest BCUT2D eigenvalue weighted by Gasteiger charge is -1.76. The van der Waals surface area contributed by atoms with Crippen LogP contribution in [0.4, 0.5) is 4.39 Å². The van der Waals surface area contributed by atoms with E-state index in [0.717, 1.165) is 12.8 Å². The van der Waals surface area contributed by atoms with Gasteiger partial charge in [-0.2, -0.15) is 0 Å². The quantitative estimate of drug-likeness (QED) is 0.514. The molecule has 0 saturated heterocycles. The van der Waals surface area contributed by atoms with E-state index in [9.17, 15) is 4.39 Å². The minimum absolute atomic E-state index is 0. The number of hydrogen-bond acceptors (Lipinski definition) is 0. The van der Waals surface area contributed by atoms with Crippen molar-refractivity contribution in [2.45, 2.75) is 19.8 Å². The van der Waals surface area contributed by atoms with Gasteiger partial charge < -0.3 is 0 Å². The number of hydrogen-bond donors (Lipinski definition) is 0. The van der Waals surface area contributed by atoms with Gasteiger partial charge >= 0.3 is 0 Å². The molecular formula is C4H10ClF. The van der Waals surface area contributed by atoms with E-state index in [4.69, 9.17) is 0 Å². The summed E-state index contributed by atoms with van der Waals surface area (Å²) in [5.74, 6) is 0. The molecule has 0 amide bonds.